The Kier molecular flexibility index (Phi) is 3.97. The highest BCUT2D eigenvalue weighted by Crippen LogP contribution is 2.23. The first-order valence-corrected chi connectivity index (χ1v) is 7.59. The molecule has 1 atom stereocenters. The molecule has 0 spiro atoms. The van der Waals surface area contributed by atoms with E-state index in [1.165, 1.54) is 4.90 Å². The highest BCUT2D eigenvalue weighted by atomic mass is 35.5. The molecule has 0 radical (unpaired) electrons. The monoisotopic (exact) mass is 309 g/mol. The molecule has 6 heteroatoms. The number of amides is 2. The zero-order valence-corrected chi connectivity index (χ0v) is 12.3. The van der Waals surface area contributed by atoms with E-state index in [0.29, 0.717) is 23.6 Å². The third-order valence-electron chi connectivity index (χ3n) is 4.32. The van der Waals surface area contributed by atoms with E-state index in [4.69, 9.17) is 11.6 Å². The van der Waals surface area contributed by atoms with Crippen LogP contribution in [0.4, 0.5) is 5.69 Å². The molecule has 3 rings (SSSR count). The maximum absolute atomic E-state index is 12.6. The van der Waals surface area contributed by atoms with Crippen molar-refractivity contribution in [1.29, 1.82) is 0 Å². The average molecular weight is 310 g/mol. The van der Waals surface area contributed by atoms with Crippen LogP contribution in [0.1, 0.15) is 19.3 Å². The normalized spacial score (nSPS) is 30.0. The molecular formula is C15H18ClN2O3+. The van der Waals surface area contributed by atoms with Gasteiger partial charge in [0.25, 0.3) is 5.91 Å². The van der Waals surface area contributed by atoms with E-state index in [9.17, 15) is 14.7 Å². The Morgan fingerprint density at radius 3 is 2.38 bits per heavy atom. The van der Waals surface area contributed by atoms with Crippen LogP contribution in [0.3, 0.4) is 0 Å². The van der Waals surface area contributed by atoms with Crippen LogP contribution in [-0.4, -0.2) is 42.2 Å². The number of anilines is 1. The van der Waals surface area contributed by atoms with Gasteiger partial charge >= 0.3 is 0 Å². The van der Waals surface area contributed by atoms with Gasteiger partial charge in [0, 0.05) is 17.9 Å². The largest absolute Gasteiger partial charge is 0.393 e. The molecule has 5 nitrogen and oxygen atoms in total. The summed E-state index contributed by atoms with van der Waals surface area (Å²) in [6.07, 6.45) is 1.35. The van der Waals surface area contributed by atoms with Crippen LogP contribution in [-0.2, 0) is 9.59 Å². The number of benzene rings is 1. The summed E-state index contributed by atoms with van der Waals surface area (Å²) in [7, 11) is 0. The van der Waals surface area contributed by atoms with E-state index >= 15 is 0 Å². The molecule has 21 heavy (non-hydrogen) atoms. The van der Waals surface area contributed by atoms with Crippen molar-refractivity contribution in [2.24, 2.45) is 0 Å². The van der Waals surface area contributed by atoms with Crippen LogP contribution in [0.15, 0.2) is 24.3 Å². The Balaban J connectivity index is 1.77. The molecule has 2 fully saturated rings. The maximum atomic E-state index is 12.6. The smallest absolute Gasteiger partial charge is 0.292 e. The lowest BCUT2D eigenvalue weighted by Gasteiger charge is -2.29. The second-order valence-electron chi connectivity index (χ2n) is 5.69. The van der Waals surface area contributed by atoms with Gasteiger partial charge in [0.05, 0.1) is 31.3 Å². The minimum Gasteiger partial charge on any atom is -0.393 e. The van der Waals surface area contributed by atoms with E-state index in [-0.39, 0.29) is 30.4 Å². The molecule has 2 N–H and O–H groups in total. The zero-order chi connectivity index (χ0) is 15.0. The third kappa shape index (κ3) is 2.81. The molecule has 2 saturated heterocycles. The molecule has 0 aromatic heterocycles. The Labute approximate surface area is 128 Å². The summed E-state index contributed by atoms with van der Waals surface area (Å²) >= 11 is 5.84. The standard InChI is InChI=1S/C15H17ClN2O3/c16-10-1-3-11(4-2-10)18-14(20)9-13(15(18)21)17-7-5-12(19)6-8-17/h1-4,12-13,19H,5-9H2/p+1/t13-/m1/s1. The molecule has 2 aliphatic rings. The summed E-state index contributed by atoms with van der Waals surface area (Å²) in [6.45, 7) is 1.47. The number of imide groups is 1. The highest BCUT2D eigenvalue weighted by molar-refractivity contribution is 6.30. The van der Waals surface area contributed by atoms with Gasteiger partial charge in [-0.25, -0.2) is 4.90 Å². The van der Waals surface area contributed by atoms with Crippen LogP contribution in [0.2, 0.25) is 5.02 Å². The number of aliphatic hydroxyl groups is 1. The number of piperidine rings is 1. The Bertz CT molecular complexity index is 553. The first kappa shape index (κ1) is 14.5. The average Bonchev–Trinajstić information content (AvgIpc) is 2.76. The fraction of sp³-hybridized carbons (Fsp3) is 0.467. The van der Waals surface area contributed by atoms with Gasteiger partial charge < -0.3 is 10.0 Å². The maximum Gasteiger partial charge on any atom is 0.292 e. The Morgan fingerprint density at radius 2 is 1.76 bits per heavy atom. The van der Waals surface area contributed by atoms with E-state index in [2.05, 4.69) is 0 Å². The number of nitrogens with one attached hydrogen (secondary N) is 1. The van der Waals surface area contributed by atoms with Crippen molar-refractivity contribution >= 4 is 29.1 Å². The minimum atomic E-state index is -0.319. The van der Waals surface area contributed by atoms with Crippen LogP contribution < -0.4 is 9.80 Å². The molecule has 0 bridgehead atoms. The van der Waals surface area contributed by atoms with Gasteiger partial charge in [-0.2, -0.15) is 0 Å². The third-order valence-corrected chi connectivity index (χ3v) is 4.57. The molecule has 1 aromatic rings. The number of hydrogen-bond acceptors (Lipinski definition) is 3. The molecule has 2 amide bonds. The number of aliphatic hydroxyl groups excluding tert-OH is 1. The van der Waals surface area contributed by atoms with Gasteiger partial charge in [0.15, 0.2) is 6.04 Å². The van der Waals surface area contributed by atoms with Crippen molar-refractivity contribution in [3.05, 3.63) is 29.3 Å². The van der Waals surface area contributed by atoms with Crippen LogP contribution in [0, 0.1) is 0 Å². The fourth-order valence-electron chi connectivity index (χ4n) is 3.13. The predicted molar refractivity (Wildman–Crippen MR) is 78.3 cm³/mol. The highest BCUT2D eigenvalue weighted by Gasteiger charge is 2.46. The molecule has 2 heterocycles. The lowest BCUT2D eigenvalue weighted by atomic mass is 10.1. The molecule has 0 unspecified atom stereocenters. The predicted octanol–water partition coefficient (Wildman–Crippen LogP) is 0.0115. The molecule has 112 valence electrons. The van der Waals surface area contributed by atoms with E-state index in [1.807, 2.05) is 0 Å². The summed E-state index contributed by atoms with van der Waals surface area (Å²) in [5.41, 5.74) is 0.577. The van der Waals surface area contributed by atoms with Gasteiger partial charge in [0.2, 0.25) is 5.91 Å². The van der Waals surface area contributed by atoms with E-state index in [1.54, 1.807) is 24.3 Å². The number of halogens is 1. The van der Waals surface area contributed by atoms with Crippen LogP contribution >= 0.6 is 11.6 Å². The topological polar surface area (TPSA) is 62.1 Å². The van der Waals surface area contributed by atoms with E-state index in [0.717, 1.165) is 18.0 Å². The van der Waals surface area contributed by atoms with E-state index < -0.39 is 0 Å². The van der Waals surface area contributed by atoms with Crippen molar-refractivity contribution in [1.82, 2.24) is 0 Å². The number of carbonyl (C=O) groups excluding carboxylic acids is 2. The van der Waals surface area contributed by atoms with Crippen molar-refractivity contribution in [2.75, 3.05) is 18.0 Å². The molecule has 0 aliphatic carbocycles. The number of hydrogen-bond donors (Lipinski definition) is 2. The number of carbonyl (C=O) groups is 2. The second-order valence-corrected chi connectivity index (χ2v) is 6.13. The first-order chi connectivity index (χ1) is 10.1. The molecule has 1 aromatic carbocycles. The summed E-state index contributed by atoms with van der Waals surface area (Å²) in [5.74, 6) is -0.306. The molecule has 2 aliphatic heterocycles. The van der Waals surface area contributed by atoms with Crippen LogP contribution in [0.5, 0.6) is 0 Å². The Morgan fingerprint density at radius 1 is 1.14 bits per heavy atom. The van der Waals surface area contributed by atoms with Crippen molar-refractivity contribution in [3.8, 4) is 0 Å². The lowest BCUT2D eigenvalue weighted by molar-refractivity contribution is -0.920. The van der Waals surface area contributed by atoms with Gasteiger partial charge in [-0.05, 0) is 24.3 Å². The molecular weight excluding hydrogens is 292 g/mol. The lowest BCUT2D eigenvalue weighted by Crippen LogP contribution is -3.17. The molecule has 0 saturated carbocycles. The summed E-state index contributed by atoms with van der Waals surface area (Å²) in [4.78, 5) is 27.1. The fourth-order valence-corrected chi connectivity index (χ4v) is 3.26. The SMILES string of the molecule is O=C1C[C@@H]([NH+]2CCC(O)CC2)C(=O)N1c1ccc(Cl)cc1. The minimum absolute atomic E-state index is 0.145. The van der Waals surface area contributed by atoms with Crippen LogP contribution in [0.25, 0.3) is 0 Å². The quantitative estimate of drug-likeness (QED) is 0.757. The summed E-state index contributed by atoms with van der Waals surface area (Å²) in [5, 5.41) is 10.1. The Hall–Kier alpha value is -1.43. The number of nitrogens with zero attached hydrogens (tertiary/aromatic N) is 1. The second kappa shape index (κ2) is 5.75. The number of quaternary nitrogens is 1. The van der Waals surface area contributed by atoms with Crippen molar-refractivity contribution < 1.29 is 19.6 Å². The van der Waals surface area contributed by atoms with Crippen molar-refractivity contribution in [3.63, 3.8) is 0 Å². The number of likely N-dealkylation sites (tertiary alicyclic amines) is 1. The summed E-state index contributed by atoms with van der Waals surface area (Å²) in [6, 6.07) is 6.41. The first-order valence-electron chi connectivity index (χ1n) is 7.21. The summed E-state index contributed by atoms with van der Waals surface area (Å²) < 4.78 is 0. The number of rotatable bonds is 2. The van der Waals surface area contributed by atoms with Gasteiger partial charge in [-0.15, -0.1) is 0 Å². The van der Waals surface area contributed by atoms with Gasteiger partial charge in [-0.3, -0.25) is 9.59 Å². The van der Waals surface area contributed by atoms with Gasteiger partial charge in [-0.1, -0.05) is 11.6 Å². The zero-order valence-electron chi connectivity index (χ0n) is 11.6. The van der Waals surface area contributed by atoms with Gasteiger partial charge in [0.1, 0.15) is 0 Å². The van der Waals surface area contributed by atoms with Crippen molar-refractivity contribution in [2.45, 2.75) is 31.4 Å².